The maximum absolute atomic E-state index is 11.8. The minimum atomic E-state index is -1.78. The standard InChI is InChI=1S/C11H14F2N2O3S2/c1-18-5-4-15(16)8-9-7-14-11(19-9)20(17)6-2-3-10(12)13/h3,7-8H,2,4-6H2,1H3/b15-8-. The molecule has 20 heavy (non-hydrogen) atoms. The van der Waals surface area contributed by atoms with Gasteiger partial charge in [-0.25, -0.2) is 9.72 Å². The average molecular weight is 324 g/mol. The van der Waals surface area contributed by atoms with E-state index in [2.05, 4.69) is 4.98 Å². The number of nitrogens with zero attached hydrogens (tertiary/aromatic N) is 2. The number of allylic oxidation sites excluding steroid dienone is 1. The van der Waals surface area contributed by atoms with E-state index in [1.165, 1.54) is 19.5 Å². The highest BCUT2D eigenvalue weighted by molar-refractivity contribution is 7.87. The smallest absolute Gasteiger partial charge is 0.266 e. The summed E-state index contributed by atoms with van der Waals surface area (Å²) in [6, 6.07) is 0. The quantitative estimate of drug-likeness (QED) is 0.317. The van der Waals surface area contributed by atoms with Crippen molar-refractivity contribution in [2.75, 3.05) is 26.0 Å². The Balaban J connectivity index is 2.58. The first-order valence-electron chi connectivity index (χ1n) is 5.66. The highest BCUT2D eigenvalue weighted by Crippen LogP contribution is 2.16. The number of aromatic nitrogens is 1. The number of methoxy groups -OCH3 is 1. The van der Waals surface area contributed by atoms with E-state index in [1.54, 1.807) is 0 Å². The first kappa shape index (κ1) is 16.9. The largest absolute Gasteiger partial charge is 0.624 e. The zero-order chi connectivity index (χ0) is 15.0. The molecule has 0 N–H and O–H groups in total. The van der Waals surface area contributed by atoms with Gasteiger partial charge in [-0.15, -0.1) is 0 Å². The average Bonchev–Trinajstić information content (AvgIpc) is 2.84. The second-order valence-electron chi connectivity index (χ2n) is 3.62. The van der Waals surface area contributed by atoms with E-state index in [-0.39, 0.29) is 18.7 Å². The topological polar surface area (TPSA) is 65.3 Å². The van der Waals surface area contributed by atoms with Crippen molar-refractivity contribution in [1.29, 1.82) is 0 Å². The number of ether oxygens (including phenoxy) is 1. The maximum Gasteiger partial charge on any atom is 0.266 e. The molecule has 0 aliphatic rings. The predicted octanol–water partition coefficient (Wildman–Crippen LogP) is 2.00. The van der Waals surface area contributed by atoms with Crippen molar-refractivity contribution in [3.63, 3.8) is 0 Å². The lowest BCUT2D eigenvalue weighted by atomic mass is 10.5. The SMILES string of the molecule is COCC/[N+]([O-])=C/c1cnc(S(=O)CCC=C(F)F)s1. The molecule has 9 heteroatoms. The second-order valence-corrected chi connectivity index (χ2v) is 6.43. The summed E-state index contributed by atoms with van der Waals surface area (Å²) in [7, 11) is 0.0616. The van der Waals surface area contributed by atoms with E-state index < -0.39 is 16.9 Å². The molecular weight excluding hydrogens is 310 g/mol. The van der Waals surface area contributed by atoms with Gasteiger partial charge in [0.2, 0.25) is 0 Å². The molecule has 1 aromatic heterocycles. The van der Waals surface area contributed by atoms with Gasteiger partial charge >= 0.3 is 0 Å². The van der Waals surface area contributed by atoms with Gasteiger partial charge in [0.25, 0.3) is 6.08 Å². The Bertz CT molecular complexity index is 514. The molecule has 0 aliphatic heterocycles. The number of halogens is 2. The van der Waals surface area contributed by atoms with Gasteiger partial charge in [0.05, 0.1) is 17.0 Å². The minimum Gasteiger partial charge on any atom is -0.624 e. The number of thiazole rings is 1. The van der Waals surface area contributed by atoms with Crippen LogP contribution < -0.4 is 0 Å². The number of hydrogen-bond acceptors (Lipinski definition) is 5. The van der Waals surface area contributed by atoms with Gasteiger partial charge < -0.3 is 9.94 Å². The van der Waals surface area contributed by atoms with E-state index in [1.807, 2.05) is 0 Å². The fourth-order valence-corrected chi connectivity index (χ4v) is 3.35. The molecule has 0 saturated heterocycles. The molecule has 1 unspecified atom stereocenters. The Morgan fingerprint density at radius 1 is 1.65 bits per heavy atom. The molecule has 5 nitrogen and oxygen atoms in total. The molecule has 0 fully saturated rings. The third-order valence-corrected chi connectivity index (χ3v) is 4.72. The van der Waals surface area contributed by atoms with E-state index in [0.717, 1.165) is 17.4 Å². The lowest BCUT2D eigenvalue weighted by molar-refractivity contribution is -0.455. The lowest BCUT2D eigenvalue weighted by Crippen LogP contribution is -2.11. The molecule has 0 aromatic carbocycles. The summed E-state index contributed by atoms with van der Waals surface area (Å²) in [6.07, 6.45) is 1.73. The van der Waals surface area contributed by atoms with Crippen molar-refractivity contribution >= 4 is 28.4 Å². The van der Waals surface area contributed by atoms with Crippen molar-refractivity contribution < 1.29 is 22.5 Å². The third-order valence-electron chi connectivity index (χ3n) is 2.09. The molecule has 0 radical (unpaired) electrons. The van der Waals surface area contributed by atoms with Crippen LogP contribution in [0.3, 0.4) is 0 Å². The molecular formula is C11H14F2N2O3S2. The first-order chi connectivity index (χ1) is 9.52. The van der Waals surface area contributed by atoms with Crippen LogP contribution in [0.25, 0.3) is 0 Å². The summed E-state index contributed by atoms with van der Waals surface area (Å²) in [5.41, 5.74) is 0. The molecule has 1 atom stereocenters. The molecule has 0 aliphatic carbocycles. The van der Waals surface area contributed by atoms with Gasteiger partial charge in [-0.3, -0.25) is 4.21 Å². The van der Waals surface area contributed by atoms with Crippen molar-refractivity contribution in [2.45, 2.75) is 10.8 Å². The summed E-state index contributed by atoms with van der Waals surface area (Å²) in [6.45, 7) is 0.492. The fraction of sp³-hybridized carbons (Fsp3) is 0.455. The maximum atomic E-state index is 11.8. The predicted molar refractivity (Wildman–Crippen MR) is 73.8 cm³/mol. The normalized spacial score (nSPS) is 13.2. The fourth-order valence-electron chi connectivity index (χ4n) is 1.18. The van der Waals surface area contributed by atoms with Crippen LogP contribution in [0.15, 0.2) is 22.7 Å². The summed E-state index contributed by atoms with van der Waals surface area (Å²) in [4.78, 5) is 4.49. The molecule has 0 bridgehead atoms. The van der Waals surface area contributed by atoms with Gasteiger partial charge in [0.1, 0.15) is 11.5 Å². The molecule has 1 heterocycles. The van der Waals surface area contributed by atoms with Crippen LogP contribution in [0, 0.1) is 5.21 Å². The summed E-state index contributed by atoms with van der Waals surface area (Å²) in [5, 5.41) is 11.4. The van der Waals surface area contributed by atoms with Gasteiger partial charge in [0, 0.05) is 12.9 Å². The Morgan fingerprint density at radius 2 is 2.40 bits per heavy atom. The van der Waals surface area contributed by atoms with Gasteiger partial charge in [-0.05, 0) is 12.5 Å². The second kappa shape index (κ2) is 8.88. The number of hydrogen-bond donors (Lipinski definition) is 0. The van der Waals surface area contributed by atoms with Crippen LogP contribution in [0.5, 0.6) is 0 Å². The zero-order valence-corrected chi connectivity index (χ0v) is 12.4. The highest BCUT2D eigenvalue weighted by Gasteiger charge is 2.10. The summed E-state index contributed by atoms with van der Waals surface area (Å²) in [5.74, 6) is 0.0784. The summed E-state index contributed by atoms with van der Waals surface area (Å²) < 4.78 is 41.2. The van der Waals surface area contributed by atoms with Crippen LogP contribution in [-0.2, 0) is 15.5 Å². The van der Waals surface area contributed by atoms with E-state index >= 15 is 0 Å². The molecule has 112 valence electrons. The van der Waals surface area contributed by atoms with Crippen molar-refractivity contribution in [1.82, 2.24) is 4.98 Å². The van der Waals surface area contributed by atoms with Crippen LogP contribution in [0.1, 0.15) is 11.3 Å². The van der Waals surface area contributed by atoms with Gasteiger partial charge in [-0.2, -0.15) is 8.78 Å². The van der Waals surface area contributed by atoms with Gasteiger partial charge in [-0.1, -0.05) is 11.3 Å². The van der Waals surface area contributed by atoms with Crippen LogP contribution >= 0.6 is 11.3 Å². The van der Waals surface area contributed by atoms with E-state index in [9.17, 15) is 18.2 Å². The molecule has 0 spiro atoms. The Labute approximate surface area is 121 Å². The van der Waals surface area contributed by atoms with Crippen molar-refractivity contribution in [3.05, 3.63) is 28.4 Å². The minimum absolute atomic E-state index is 0.0229. The van der Waals surface area contributed by atoms with Gasteiger partial charge in [0.15, 0.2) is 17.1 Å². The Kier molecular flexibility index (Phi) is 7.48. The van der Waals surface area contributed by atoms with Crippen LogP contribution in [-0.4, -0.2) is 46.2 Å². The zero-order valence-electron chi connectivity index (χ0n) is 10.8. The van der Waals surface area contributed by atoms with Crippen LogP contribution in [0.2, 0.25) is 0 Å². The Morgan fingerprint density at radius 3 is 3.05 bits per heavy atom. The Hall–Kier alpha value is -1.19. The first-order valence-corrected chi connectivity index (χ1v) is 7.79. The molecule has 1 aromatic rings. The van der Waals surface area contributed by atoms with Crippen molar-refractivity contribution in [2.24, 2.45) is 0 Å². The molecule has 1 rings (SSSR count). The lowest BCUT2D eigenvalue weighted by Gasteiger charge is -2.01. The number of rotatable bonds is 8. The van der Waals surface area contributed by atoms with E-state index in [0.29, 0.717) is 20.6 Å². The van der Waals surface area contributed by atoms with Crippen molar-refractivity contribution in [3.8, 4) is 0 Å². The molecule has 0 amide bonds. The summed E-state index contributed by atoms with van der Waals surface area (Å²) >= 11 is 1.10. The third kappa shape index (κ3) is 6.31. The van der Waals surface area contributed by atoms with Crippen LogP contribution in [0.4, 0.5) is 8.78 Å². The number of hydroxylamine groups is 1. The molecule has 0 saturated carbocycles. The highest BCUT2D eigenvalue weighted by atomic mass is 32.2. The monoisotopic (exact) mass is 324 g/mol. The van der Waals surface area contributed by atoms with E-state index in [4.69, 9.17) is 4.74 Å².